The second kappa shape index (κ2) is 7.17. The largest absolute Gasteiger partial charge is 0.375 e. The lowest BCUT2D eigenvalue weighted by Crippen LogP contribution is -2.38. The van der Waals surface area contributed by atoms with Crippen LogP contribution in [0.4, 0.5) is 0 Å². The number of rotatable bonds is 6. The van der Waals surface area contributed by atoms with Gasteiger partial charge in [0.05, 0.1) is 13.2 Å². The summed E-state index contributed by atoms with van der Waals surface area (Å²) in [6, 6.07) is 0. The molecule has 0 aliphatic carbocycles. The minimum Gasteiger partial charge on any atom is -0.375 e. The van der Waals surface area contributed by atoms with Gasteiger partial charge in [0.2, 0.25) is 5.91 Å². The van der Waals surface area contributed by atoms with Crippen LogP contribution in [-0.4, -0.2) is 42.7 Å². The molecule has 0 aromatic carbocycles. The Balaban J connectivity index is 2.07. The molecular formula is C15H20N2O3. The van der Waals surface area contributed by atoms with Gasteiger partial charge < -0.3 is 14.4 Å². The van der Waals surface area contributed by atoms with Crippen LogP contribution in [0.15, 0.2) is 25.0 Å². The van der Waals surface area contributed by atoms with Crippen molar-refractivity contribution in [1.82, 2.24) is 9.88 Å². The van der Waals surface area contributed by atoms with E-state index >= 15 is 0 Å². The van der Waals surface area contributed by atoms with Gasteiger partial charge in [0.1, 0.15) is 6.61 Å². The van der Waals surface area contributed by atoms with E-state index in [1.807, 2.05) is 17.3 Å². The van der Waals surface area contributed by atoms with Crippen molar-refractivity contribution < 1.29 is 14.3 Å². The lowest BCUT2D eigenvalue weighted by molar-refractivity contribution is -0.136. The van der Waals surface area contributed by atoms with Gasteiger partial charge in [0.15, 0.2) is 0 Å². The number of fused-ring (bicyclic) bond motifs is 1. The number of carbonyl (C=O) groups excluding carboxylic acids is 1. The third kappa shape index (κ3) is 3.43. The van der Waals surface area contributed by atoms with Crippen LogP contribution in [0.1, 0.15) is 16.7 Å². The van der Waals surface area contributed by atoms with Crippen LogP contribution < -0.4 is 0 Å². The normalized spacial score (nSPS) is 13.9. The molecule has 0 fully saturated rings. The van der Waals surface area contributed by atoms with Crippen molar-refractivity contribution in [3.05, 3.63) is 41.7 Å². The van der Waals surface area contributed by atoms with Crippen molar-refractivity contribution >= 4 is 5.91 Å². The molecule has 1 aliphatic rings. The van der Waals surface area contributed by atoms with Crippen molar-refractivity contribution in [2.24, 2.45) is 0 Å². The van der Waals surface area contributed by atoms with Gasteiger partial charge in [0, 0.05) is 32.6 Å². The topological polar surface area (TPSA) is 51.7 Å². The van der Waals surface area contributed by atoms with Crippen molar-refractivity contribution in [3.8, 4) is 0 Å². The predicted molar refractivity (Wildman–Crippen MR) is 75.1 cm³/mol. The molecule has 0 N–H and O–H groups in total. The number of aromatic nitrogens is 1. The van der Waals surface area contributed by atoms with Gasteiger partial charge >= 0.3 is 0 Å². The first-order chi connectivity index (χ1) is 9.76. The minimum atomic E-state index is 0.0199. The smallest absolute Gasteiger partial charge is 0.248 e. The maximum absolute atomic E-state index is 11.8. The van der Waals surface area contributed by atoms with Crippen molar-refractivity contribution in [2.45, 2.75) is 19.6 Å². The zero-order valence-electron chi connectivity index (χ0n) is 11.8. The number of methoxy groups -OCH3 is 1. The Labute approximate surface area is 119 Å². The number of hydrogen-bond donors (Lipinski definition) is 0. The quantitative estimate of drug-likeness (QED) is 0.581. The van der Waals surface area contributed by atoms with Gasteiger partial charge in [-0.2, -0.15) is 0 Å². The van der Waals surface area contributed by atoms with E-state index in [-0.39, 0.29) is 12.5 Å². The van der Waals surface area contributed by atoms with E-state index in [9.17, 15) is 4.79 Å². The molecule has 1 aliphatic heterocycles. The Morgan fingerprint density at radius 1 is 1.55 bits per heavy atom. The monoisotopic (exact) mass is 276 g/mol. The highest BCUT2D eigenvalue weighted by atomic mass is 16.5. The Bertz CT molecular complexity index is 488. The molecule has 1 aromatic heterocycles. The second-order valence-corrected chi connectivity index (χ2v) is 4.74. The number of pyridine rings is 1. The van der Waals surface area contributed by atoms with E-state index in [4.69, 9.17) is 9.47 Å². The van der Waals surface area contributed by atoms with Crippen LogP contribution in [-0.2, 0) is 33.8 Å². The van der Waals surface area contributed by atoms with E-state index < -0.39 is 0 Å². The summed E-state index contributed by atoms with van der Waals surface area (Å²) >= 11 is 0. The molecule has 5 nitrogen and oxygen atoms in total. The number of amides is 1. The van der Waals surface area contributed by atoms with Gasteiger partial charge in [-0.25, -0.2) is 0 Å². The van der Waals surface area contributed by atoms with Crippen molar-refractivity contribution in [1.29, 1.82) is 0 Å². The van der Waals surface area contributed by atoms with Crippen molar-refractivity contribution in [3.63, 3.8) is 0 Å². The maximum Gasteiger partial charge on any atom is 0.248 e. The molecule has 0 bridgehead atoms. The number of carbonyl (C=O) groups is 1. The number of nitrogens with zero attached hydrogens (tertiary/aromatic N) is 2. The Hall–Kier alpha value is -1.72. The minimum absolute atomic E-state index is 0.0199. The highest BCUT2D eigenvalue weighted by Gasteiger charge is 2.22. The first-order valence-electron chi connectivity index (χ1n) is 6.66. The first kappa shape index (κ1) is 14.7. The fourth-order valence-electron chi connectivity index (χ4n) is 2.37. The van der Waals surface area contributed by atoms with Gasteiger partial charge in [0.25, 0.3) is 0 Å². The van der Waals surface area contributed by atoms with E-state index in [2.05, 4.69) is 11.6 Å². The molecule has 20 heavy (non-hydrogen) atoms. The summed E-state index contributed by atoms with van der Waals surface area (Å²) in [5.41, 5.74) is 3.45. The third-order valence-electron chi connectivity index (χ3n) is 3.34. The van der Waals surface area contributed by atoms with Gasteiger partial charge in [-0.15, -0.1) is 6.58 Å². The standard InChI is InChI=1S/C15H20N2O3/c1-3-6-20-10-13-8-16-7-12-9-17(5-4-14(12)13)15(18)11-19-2/h3,7-8H,1,4-6,9-11H2,2H3. The van der Waals surface area contributed by atoms with Gasteiger partial charge in [-0.1, -0.05) is 6.08 Å². The summed E-state index contributed by atoms with van der Waals surface area (Å²) in [4.78, 5) is 17.9. The summed E-state index contributed by atoms with van der Waals surface area (Å²) < 4.78 is 10.4. The molecule has 1 amide bonds. The van der Waals surface area contributed by atoms with E-state index in [1.54, 1.807) is 6.08 Å². The number of ether oxygens (including phenoxy) is 2. The SMILES string of the molecule is C=CCOCc1cncc2c1CCN(C(=O)COC)C2. The zero-order valence-corrected chi connectivity index (χ0v) is 11.8. The molecule has 2 heterocycles. The van der Waals surface area contributed by atoms with Crippen LogP contribution in [0.2, 0.25) is 0 Å². The lowest BCUT2D eigenvalue weighted by Gasteiger charge is -2.29. The molecule has 0 radical (unpaired) electrons. The fraction of sp³-hybridized carbons (Fsp3) is 0.467. The van der Waals surface area contributed by atoms with E-state index in [0.717, 1.165) is 17.5 Å². The average molecular weight is 276 g/mol. The molecular weight excluding hydrogens is 256 g/mol. The summed E-state index contributed by atoms with van der Waals surface area (Å²) in [5, 5.41) is 0. The Morgan fingerprint density at radius 2 is 2.40 bits per heavy atom. The number of hydrogen-bond acceptors (Lipinski definition) is 4. The average Bonchev–Trinajstić information content (AvgIpc) is 2.47. The Morgan fingerprint density at radius 3 is 3.15 bits per heavy atom. The summed E-state index contributed by atoms with van der Waals surface area (Å²) in [7, 11) is 1.53. The molecule has 1 aromatic rings. The third-order valence-corrected chi connectivity index (χ3v) is 3.34. The van der Waals surface area contributed by atoms with Gasteiger partial charge in [-0.3, -0.25) is 9.78 Å². The molecule has 2 rings (SSSR count). The molecule has 0 saturated carbocycles. The second-order valence-electron chi connectivity index (χ2n) is 4.74. The summed E-state index contributed by atoms with van der Waals surface area (Å²) in [6.07, 6.45) is 6.24. The van der Waals surface area contributed by atoms with Crippen LogP contribution in [0.5, 0.6) is 0 Å². The van der Waals surface area contributed by atoms with E-state index in [0.29, 0.717) is 26.3 Å². The Kier molecular flexibility index (Phi) is 5.26. The fourth-order valence-corrected chi connectivity index (χ4v) is 2.37. The first-order valence-corrected chi connectivity index (χ1v) is 6.66. The van der Waals surface area contributed by atoms with Crippen LogP contribution in [0, 0.1) is 0 Å². The molecule has 0 unspecified atom stereocenters. The highest BCUT2D eigenvalue weighted by molar-refractivity contribution is 5.77. The lowest BCUT2D eigenvalue weighted by atomic mass is 9.97. The van der Waals surface area contributed by atoms with Gasteiger partial charge in [-0.05, 0) is 23.1 Å². The van der Waals surface area contributed by atoms with Crippen molar-refractivity contribution in [2.75, 3.05) is 26.9 Å². The van der Waals surface area contributed by atoms with E-state index in [1.165, 1.54) is 12.7 Å². The zero-order chi connectivity index (χ0) is 14.4. The van der Waals surface area contributed by atoms with Crippen LogP contribution >= 0.6 is 0 Å². The van der Waals surface area contributed by atoms with Crippen LogP contribution in [0.25, 0.3) is 0 Å². The molecule has 0 spiro atoms. The molecule has 5 heteroatoms. The predicted octanol–water partition coefficient (Wildman–Crippen LogP) is 1.32. The molecule has 108 valence electrons. The summed E-state index contributed by atoms with van der Waals surface area (Å²) in [5.74, 6) is 0.0199. The summed E-state index contributed by atoms with van der Waals surface area (Å²) in [6.45, 7) is 6.14. The highest BCUT2D eigenvalue weighted by Crippen LogP contribution is 2.22. The molecule has 0 saturated heterocycles. The maximum atomic E-state index is 11.8. The molecule has 0 atom stereocenters. The van der Waals surface area contributed by atoms with Crippen LogP contribution in [0.3, 0.4) is 0 Å².